The molecule has 1 aromatic rings. The van der Waals surface area contributed by atoms with Crippen LogP contribution in [-0.4, -0.2) is 44.0 Å². The van der Waals surface area contributed by atoms with Crippen LogP contribution in [0.4, 0.5) is 5.69 Å². The summed E-state index contributed by atoms with van der Waals surface area (Å²) >= 11 is 0. The van der Waals surface area contributed by atoms with Crippen LogP contribution in [0.2, 0.25) is 0 Å². The number of carbonyl (C=O) groups is 1. The van der Waals surface area contributed by atoms with Crippen molar-refractivity contribution in [3.05, 3.63) is 24.3 Å². The lowest BCUT2D eigenvalue weighted by Gasteiger charge is -2.14. The lowest BCUT2D eigenvalue weighted by molar-refractivity contribution is -0.126. The third-order valence-electron chi connectivity index (χ3n) is 3.98. The van der Waals surface area contributed by atoms with Crippen LogP contribution in [0.1, 0.15) is 19.3 Å². The van der Waals surface area contributed by atoms with Gasteiger partial charge in [0.25, 0.3) is 5.91 Å². The van der Waals surface area contributed by atoms with Crippen LogP contribution >= 0.6 is 0 Å². The van der Waals surface area contributed by atoms with E-state index in [2.05, 4.69) is 5.32 Å². The molecule has 1 amide bonds. The van der Waals surface area contributed by atoms with E-state index in [1.165, 1.54) is 0 Å². The highest BCUT2D eigenvalue weighted by Gasteiger charge is 2.29. The van der Waals surface area contributed by atoms with Gasteiger partial charge in [0.05, 0.1) is 19.3 Å². The van der Waals surface area contributed by atoms with Gasteiger partial charge in [-0.05, 0) is 37.1 Å². The first-order chi connectivity index (χ1) is 10.7. The third-order valence-corrected chi connectivity index (χ3v) is 3.98. The van der Waals surface area contributed by atoms with Gasteiger partial charge in [-0.3, -0.25) is 4.79 Å². The number of ether oxygens (including phenoxy) is 3. The van der Waals surface area contributed by atoms with Gasteiger partial charge in [0.2, 0.25) is 0 Å². The summed E-state index contributed by atoms with van der Waals surface area (Å²) in [5.41, 5.74) is 6.29. The van der Waals surface area contributed by atoms with Gasteiger partial charge >= 0.3 is 0 Å². The van der Waals surface area contributed by atoms with E-state index in [9.17, 15) is 4.79 Å². The monoisotopic (exact) mass is 306 g/mol. The summed E-state index contributed by atoms with van der Waals surface area (Å²) in [6.07, 6.45) is 2.20. The molecule has 1 aromatic carbocycles. The largest absolute Gasteiger partial charge is 0.488 e. The number of nitrogens with one attached hydrogen (secondary N) is 1. The molecule has 2 aliphatic rings. The van der Waals surface area contributed by atoms with Gasteiger partial charge in [-0.1, -0.05) is 0 Å². The summed E-state index contributed by atoms with van der Waals surface area (Å²) in [6.45, 7) is 1.85. The Labute approximate surface area is 129 Å². The van der Waals surface area contributed by atoms with Gasteiger partial charge in [-0.15, -0.1) is 0 Å². The predicted molar refractivity (Wildman–Crippen MR) is 81.9 cm³/mol. The van der Waals surface area contributed by atoms with E-state index in [0.717, 1.165) is 37.3 Å². The normalized spacial score (nSPS) is 27.8. The third kappa shape index (κ3) is 3.76. The highest BCUT2D eigenvalue weighted by molar-refractivity contribution is 5.94. The molecule has 6 heteroatoms. The number of hydrogen-bond acceptors (Lipinski definition) is 5. The fraction of sp³-hybridized carbons (Fsp3) is 0.562. The van der Waals surface area contributed by atoms with Gasteiger partial charge in [-0.2, -0.15) is 0 Å². The van der Waals surface area contributed by atoms with E-state index in [-0.39, 0.29) is 18.1 Å². The lowest BCUT2D eigenvalue weighted by Crippen LogP contribution is -2.29. The molecule has 2 aliphatic heterocycles. The highest BCUT2D eigenvalue weighted by Crippen LogP contribution is 2.22. The minimum absolute atomic E-state index is 0.000145. The molecular formula is C16H22N2O4. The molecule has 3 N–H and O–H groups in total. The van der Waals surface area contributed by atoms with E-state index >= 15 is 0 Å². The van der Waals surface area contributed by atoms with Crippen molar-refractivity contribution in [1.82, 2.24) is 0 Å². The van der Waals surface area contributed by atoms with Crippen molar-refractivity contribution in [3.8, 4) is 5.75 Å². The molecule has 0 bridgehead atoms. The summed E-state index contributed by atoms with van der Waals surface area (Å²) in [7, 11) is 0. The maximum atomic E-state index is 12.1. The average molecular weight is 306 g/mol. The van der Waals surface area contributed by atoms with Gasteiger partial charge in [0.1, 0.15) is 18.0 Å². The van der Waals surface area contributed by atoms with Crippen molar-refractivity contribution in [1.29, 1.82) is 0 Å². The molecule has 120 valence electrons. The standard InChI is InChI=1S/C16H22N2O4/c17-9-13-5-6-15(22-13)16(19)18-11-1-3-12(4-2-11)21-14-7-8-20-10-14/h1-4,13-15H,5-10,17H2,(H,18,19)/t13-,14?,15+/m1/s1. The Morgan fingerprint density at radius 3 is 2.73 bits per heavy atom. The summed E-state index contributed by atoms with van der Waals surface area (Å²) in [6, 6.07) is 7.37. The van der Waals surface area contributed by atoms with E-state index < -0.39 is 6.10 Å². The first-order valence-electron chi connectivity index (χ1n) is 7.75. The molecule has 0 radical (unpaired) electrons. The SMILES string of the molecule is NC[C@H]1CC[C@@H](C(=O)Nc2ccc(OC3CCOC3)cc2)O1. The molecule has 3 atom stereocenters. The number of benzene rings is 1. The van der Waals surface area contributed by atoms with Crippen molar-refractivity contribution < 1.29 is 19.0 Å². The van der Waals surface area contributed by atoms with Crippen molar-refractivity contribution in [2.75, 3.05) is 25.1 Å². The summed E-state index contributed by atoms with van der Waals surface area (Å²) in [5.74, 6) is 0.669. The second-order valence-electron chi connectivity index (χ2n) is 5.68. The maximum Gasteiger partial charge on any atom is 0.253 e. The molecule has 6 nitrogen and oxygen atoms in total. The van der Waals surface area contributed by atoms with Crippen LogP contribution in [0.3, 0.4) is 0 Å². The van der Waals surface area contributed by atoms with Crippen LogP contribution < -0.4 is 15.8 Å². The number of amides is 1. The molecular weight excluding hydrogens is 284 g/mol. The molecule has 1 unspecified atom stereocenters. The first kappa shape index (κ1) is 15.3. The smallest absolute Gasteiger partial charge is 0.253 e. The number of anilines is 1. The Balaban J connectivity index is 1.51. The molecule has 2 saturated heterocycles. The van der Waals surface area contributed by atoms with Crippen LogP contribution in [0, 0.1) is 0 Å². The number of nitrogens with two attached hydrogens (primary N) is 1. The van der Waals surface area contributed by atoms with Crippen molar-refractivity contribution in [3.63, 3.8) is 0 Å². The molecule has 0 aliphatic carbocycles. The molecule has 2 fully saturated rings. The van der Waals surface area contributed by atoms with E-state index in [4.69, 9.17) is 19.9 Å². The van der Waals surface area contributed by atoms with Gasteiger partial charge in [0, 0.05) is 18.7 Å². The van der Waals surface area contributed by atoms with Gasteiger partial charge in [-0.25, -0.2) is 0 Å². The topological polar surface area (TPSA) is 82.8 Å². The minimum atomic E-state index is -0.403. The van der Waals surface area contributed by atoms with Crippen molar-refractivity contribution >= 4 is 11.6 Å². The predicted octanol–water partition coefficient (Wildman–Crippen LogP) is 1.30. The van der Waals surface area contributed by atoms with Crippen molar-refractivity contribution in [2.24, 2.45) is 5.73 Å². The van der Waals surface area contributed by atoms with E-state index in [1.807, 2.05) is 24.3 Å². The summed E-state index contributed by atoms with van der Waals surface area (Å²) in [4.78, 5) is 12.1. The number of carbonyl (C=O) groups excluding carboxylic acids is 1. The average Bonchev–Trinajstić information content (AvgIpc) is 3.20. The van der Waals surface area contributed by atoms with E-state index in [0.29, 0.717) is 13.2 Å². The zero-order valence-corrected chi connectivity index (χ0v) is 12.5. The maximum absolute atomic E-state index is 12.1. The molecule has 0 saturated carbocycles. The Hall–Kier alpha value is -1.63. The van der Waals surface area contributed by atoms with Crippen molar-refractivity contribution in [2.45, 2.75) is 37.6 Å². The Morgan fingerprint density at radius 1 is 1.27 bits per heavy atom. The molecule has 2 heterocycles. The van der Waals surface area contributed by atoms with Crippen LogP contribution in [0.25, 0.3) is 0 Å². The van der Waals surface area contributed by atoms with Crippen LogP contribution in [0.15, 0.2) is 24.3 Å². The zero-order chi connectivity index (χ0) is 15.4. The minimum Gasteiger partial charge on any atom is -0.488 e. The molecule has 0 spiro atoms. The zero-order valence-electron chi connectivity index (χ0n) is 12.5. The lowest BCUT2D eigenvalue weighted by atomic mass is 10.2. The fourth-order valence-electron chi connectivity index (χ4n) is 2.71. The first-order valence-corrected chi connectivity index (χ1v) is 7.75. The fourth-order valence-corrected chi connectivity index (χ4v) is 2.71. The Morgan fingerprint density at radius 2 is 2.09 bits per heavy atom. The second kappa shape index (κ2) is 7.09. The number of hydrogen-bond donors (Lipinski definition) is 2. The van der Waals surface area contributed by atoms with Crippen LogP contribution in [0.5, 0.6) is 5.75 Å². The molecule has 3 rings (SSSR count). The molecule has 22 heavy (non-hydrogen) atoms. The molecule has 0 aromatic heterocycles. The number of rotatable bonds is 5. The quantitative estimate of drug-likeness (QED) is 0.857. The Kier molecular flexibility index (Phi) is 4.92. The second-order valence-corrected chi connectivity index (χ2v) is 5.68. The summed E-state index contributed by atoms with van der Waals surface area (Å²) in [5, 5.41) is 2.86. The van der Waals surface area contributed by atoms with Crippen LogP contribution in [-0.2, 0) is 14.3 Å². The van der Waals surface area contributed by atoms with E-state index in [1.54, 1.807) is 0 Å². The summed E-state index contributed by atoms with van der Waals surface area (Å²) < 4.78 is 16.6. The highest BCUT2D eigenvalue weighted by atomic mass is 16.5. The van der Waals surface area contributed by atoms with Gasteiger partial charge in [0.15, 0.2) is 0 Å². The van der Waals surface area contributed by atoms with Gasteiger partial charge < -0.3 is 25.3 Å². The Bertz CT molecular complexity index is 499.